The molecule has 0 atom stereocenters. The van der Waals surface area contributed by atoms with Crippen molar-refractivity contribution in [3.05, 3.63) is 29.1 Å². The highest BCUT2D eigenvalue weighted by molar-refractivity contribution is 7.13. The smallest absolute Gasteiger partial charge is 0.196 e. The molecule has 0 fully saturated rings. The Labute approximate surface area is 92.9 Å². The molecule has 3 nitrogen and oxygen atoms in total. The van der Waals surface area contributed by atoms with E-state index in [4.69, 9.17) is 10.2 Å². The third-order valence-electron chi connectivity index (χ3n) is 2.26. The van der Waals surface area contributed by atoms with Crippen molar-refractivity contribution in [3.8, 4) is 10.6 Å². The Hall–Kier alpha value is -1.13. The number of hydrogen-bond donors (Lipinski definition) is 1. The fourth-order valence-corrected chi connectivity index (χ4v) is 2.43. The number of nitrogens with zero attached hydrogens (tertiary/aromatic N) is 1. The highest BCUT2D eigenvalue weighted by Crippen LogP contribution is 2.30. The van der Waals surface area contributed by atoms with Crippen LogP contribution in [-0.4, -0.2) is 11.5 Å². The standard InChI is InChI=1S/C11H14N2OS/c1-2-8-4-6-15-11(8)9-7-13-10(14-9)3-5-12/h4,6-7H,2-3,5,12H2,1H3. The summed E-state index contributed by atoms with van der Waals surface area (Å²) in [6.45, 7) is 2.72. The van der Waals surface area contributed by atoms with E-state index in [0.717, 1.165) is 18.1 Å². The molecular weight excluding hydrogens is 208 g/mol. The zero-order valence-corrected chi connectivity index (χ0v) is 9.51. The zero-order valence-electron chi connectivity index (χ0n) is 8.69. The van der Waals surface area contributed by atoms with Crippen LogP contribution in [-0.2, 0) is 12.8 Å². The Morgan fingerprint density at radius 2 is 2.40 bits per heavy atom. The van der Waals surface area contributed by atoms with Crippen LogP contribution in [0.2, 0.25) is 0 Å². The fraction of sp³-hybridized carbons (Fsp3) is 0.364. The van der Waals surface area contributed by atoms with E-state index >= 15 is 0 Å². The first-order valence-electron chi connectivity index (χ1n) is 5.06. The van der Waals surface area contributed by atoms with Gasteiger partial charge < -0.3 is 10.2 Å². The van der Waals surface area contributed by atoms with Gasteiger partial charge in [0.15, 0.2) is 11.7 Å². The van der Waals surface area contributed by atoms with Gasteiger partial charge in [-0.25, -0.2) is 4.98 Å². The summed E-state index contributed by atoms with van der Waals surface area (Å²) in [6.07, 6.45) is 3.51. The number of rotatable bonds is 4. The molecule has 0 aromatic carbocycles. The van der Waals surface area contributed by atoms with Gasteiger partial charge in [-0.05, 0) is 23.4 Å². The lowest BCUT2D eigenvalue weighted by Crippen LogP contribution is -2.02. The minimum Gasteiger partial charge on any atom is -0.440 e. The zero-order chi connectivity index (χ0) is 10.7. The van der Waals surface area contributed by atoms with Gasteiger partial charge >= 0.3 is 0 Å². The van der Waals surface area contributed by atoms with Crippen LogP contribution >= 0.6 is 11.3 Å². The molecule has 0 saturated heterocycles. The predicted molar refractivity (Wildman–Crippen MR) is 62.0 cm³/mol. The maximum absolute atomic E-state index is 5.63. The molecule has 0 radical (unpaired) electrons. The van der Waals surface area contributed by atoms with E-state index in [2.05, 4.69) is 23.4 Å². The van der Waals surface area contributed by atoms with Crippen LogP contribution in [0.25, 0.3) is 10.6 Å². The van der Waals surface area contributed by atoms with Crippen molar-refractivity contribution in [2.24, 2.45) is 5.73 Å². The Balaban J connectivity index is 2.28. The first-order chi connectivity index (χ1) is 7.35. The number of oxazole rings is 1. The Morgan fingerprint density at radius 1 is 1.53 bits per heavy atom. The van der Waals surface area contributed by atoms with E-state index in [1.54, 1.807) is 17.5 Å². The lowest BCUT2D eigenvalue weighted by atomic mass is 10.2. The number of aryl methyl sites for hydroxylation is 1. The lowest BCUT2D eigenvalue weighted by Gasteiger charge is -1.95. The number of hydrogen-bond acceptors (Lipinski definition) is 4. The van der Waals surface area contributed by atoms with E-state index in [9.17, 15) is 0 Å². The molecule has 0 aliphatic heterocycles. The molecule has 2 N–H and O–H groups in total. The summed E-state index contributed by atoms with van der Waals surface area (Å²) in [5.74, 6) is 1.59. The first-order valence-corrected chi connectivity index (χ1v) is 5.94. The molecule has 0 saturated carbocycles. The molecule has 2 aromatic rings. The SMILES string of the molecule is CCc1ccsc1-c1cnc(CCN)o1. The molecule has 2 heterocycles. The van der Waals surface area contributed by atoms with Crippen molar-refractivity contribution in [2.45, 2.75) is 19.8 Å². The Kier molecular flexibility index (Phi) is 3.18. The molecule has 2 aromatic heterocycles. The van der Waals surface area contributed by atoms with Crippen LogP contribution in [0.15, 0.2) is 22.1 Å². The Bertz CT molecular complexity index is 433. The number of thiophene rings is 1. The van der Waals surface area contributed by atoms with Gasteiger partial charge in [0.1, 0.15) is 0 Å². The monoisotopic (exact) mass is 222 g/mol. The van der Waals surface area contributed by atoms with Crippen molar-refractivity contribution in [3.63, 3.8) is 0 Å². The van der Waals surface area contributed by atoms with Crippen molar-refractivity contribution >= 4 is 11.3 Å². The van der Waals surface area contributed by atoms with Crippen LogP contribution in [0.3, 0.4) is 0 Å². The maximum Gasteiger partial charge on any atom is 0.196 e. The number of nitrogens with two attached hydrogens (primary N) is 1. The maximum atomic E-state index is 5.63. The molecule has 15 heavy (non-hydrogen) atoms. The first kappa shape index (κ1) is 10.4. The summed E-state index contributed by atoms with van der Waals surface area (Å²) in [5.41, 5.74) is 6.76. The molecule has 0 unspecified atom stereocenters. The average Bonchev–Trinajstić information content (AvgIpc) is 2.84. The molecule has 2 rings (SSSR count). The topological polar surface area (TPSA) is 52.0 Å². The van der Waals surface area contributed by atoms with Gasteiger partial charge in [0.2, 0.25) is 0 Å². The van der Waals surface area contributed by atoms with Gasteiger partial charge in [0, 0.05) is 13.0 Å². The van der Waals surface area contributed by atoms with E-state index in [1.165, 1.54) is 10.4 Å². The van der Waals surface area contributed by atoms with Gasteiger partial charge in [-0.3, -0.25) is 0 Å². The Morgan fingerprint density at radius 3 is 3.13 bits per heavy atom. The minimum atomic E-state index is 0.574. The second-order valence-corrected chi connectivity index (χ2v) is 4.20. The van der Waals surface area contributed by atoms with Crippen LogP contribution in [0.1, 0.15) is 18.4 Å². The highest BCUT2D eigenvalue weighted by atomic mass is 32.1. The van der Waals surface area contributed by atoms with E-state index in [-0.39, 0.29) is 0 Å². The predicted octanol–water partition coefficient (Wildman–Crippen LogP) is 2.47. The molecule has 0 aliphatic rings. The van der Waals surface area contributed by atoms with Gasteiger partial charge in [-0.2, -0.15) is 0 Å². The van der Waals surface area contributed by atoms with Crippen LogP contribution < -0.4 is 5.73 Å². The second-order valence-electron chi connectivity index (χ2n) is 3.29. The van der Waals surface area contributed by atoms with Crippen LogP contribution in [0.5, 0.6) is 0 Å². The molecule has 0 amide bonds. The van der Waals surface area contributed by atoms with E-state index in [1.807, 2.05) is 0 Å². The second kappa shape index (κ2) is 4.59. The summed E-state index contributed by atoms with van der Waals surface area (Å²) < 4.78 is 5.63. The largest absolute Gasteiger partial charge is 0.440 e. The van der Waals surface area contributed by atoms with Crippen LogP contribution in [0, 0.1) is 0 Å². The quantitative estimate of drug-likeness (QED) is 0.864. The van der Waals surface area contributed by atoms with Gasteiger partial charge in [-0.15, -0.1) is 11.3 Å². The minimum absolute atomic E-state index is 0.574. The summed E-state index contributed by atoms with van der Waals surface area (Å²) >= 11 is 1.69. The normalized spacial score (nSPS) is 10.8. The van der Waals surface area contributed by atoms with E-state index in [0.29, 0.717) is 13.0 Å². The van der Waals surface area contributed by atoms with Gasteiger partial charge in [0.25, 0.3) is 0 Å². The summed E-state index contributed by atoms with van der Waals surface area (Å²) in [5, 5.41) is 2.08. The molecule has 0 spiro atoms. The summed E-state index contributed by atoms with van der Waals surface area (Å²) in [7, 11) is 0. The molecule has 0 bridgehead atoms. The van der Waals surface area contributed by atoms with Gasteiger partial charge in [0.05, 0.1) is 11.1 Å². The number of aromatic nitrogens is 1. The van der Waals surface area contributed by atoms with Crippen molar-refractivity contribution < 1.29 is 4.42 Å². The fourth-order valence-electron chi connectivity index (χ4n) is 1.48. The molecular formula is C11H14N2OS. The molecule has 0 aliphatic carbocycles. The van der Waals surface area contributed by atoms with Gasteiger partial charge in [-0.1, -0.05) is 6.92 Å². The lowest BCUT2D eigenvalue weighted by molar-refractivity contribution is 0.508. The van der Waals surface area contributed by atoms with Crippen molar-refractivity contribution in [2.75, 3.05) is 6.54 Å². The van der Waals surface area contributed by atoms with E-state index < -0.39 is 0 Å². The third-order valence-corrected chi connectivity index (χ3v) is 3.23. The van der Waals surface area contributed by atoms with Crippen LogP contribution in [0.4, 0.5) is 0 Å². The van der Waals surface area contributed by atoms with Crippen molar-refractivity contribution in [1.29, 1.82) is 0 Å². The highest BCUT2D eigenvalue weighted by Gasteiger charge is 2.10. The third kappa shape index (κ3) is 2.11. The van der Waals surface area contributed by atoms with Crippen molar-refractivity contribution in [1.82, 2.24) is 4.98 Å². The average molecular weight is 222 g/mol. The summed E-state index contributed by atoms with van der Waals surface area (Å²) in [4.78, 5) is 5.39. The summed E-state index contributed by atoms with van der Waals surface area (Å²) in [6, 6.07) is 2.13. The molecule has 4 heteroatoms. The molecule has 80 valence electrons.